The van der Waals surface area contributed by atoms with Gasteiger partial charge in [-0.05, 0) is 70.6 Å². The van der Waals surface area contributed by atoms with E-state index in [-0.39, 0.29) is 36.0 Å². The van der Waals surface area contributed by atoms with Gasteiger partial charge in [0.05, 0.1) is 24.5 Å². The molecule has 2 unspecified atom stereocenters. The Balaban J connectivity index is 1.51. The zero-order valence-corrected chi connectivity index (χ0v) is 17.9. The number of carboxylic acid groups (broad SMARTS) is 1. The molecule has 0 heterocycles. The molecule has 0 aromatic carbocycles. The van der Waals surface area contributed by atoms with Gasteiger partial charge in [-0.25, -0.2) is 4.79 Å². The van der Waals surface area contributed by atoms with Crippen LogP contribution in [-0.2, 0) is 28.6 Å². The van der Waals surface area contributed by atoms with Crippen molar-refractivity contribution in [3.05, 3.63) is 12.7 Å². The molecular weight excluding hydrogens is 388 g/mol. The molecule has 7 nitrogen and oxygen atoms in total. The van der Waals surface area contributed by atoms with Gasteiger partial charge in [0, 0.05) is 12.7 Å². The first kappa shape index (κ1) is 24.4. The number of rotatable bonds is 12. The Labute approximate surface area is 179 Å². The van der Waals surface area contributed by atoms with Gasteiger partial charge in [0.2, 0.25) is 0 Å². The summed E-state index contributed by atoms with van der Waals surface area (Å²) < 4.78 is 16.5. The molecule has 0 amide bonds. The van der Waals surface area contributed by atoms with Crippen LogP contribution in [0.4, 0.5) is 0 Å². The zero-order chi connectivity index (χ0) is 21.8. The van der Waals surface area contributed by atoms with E-state index in [1.165, 1.54) is 6.08 Å². The molecule has 0 spiro atoms. The number of aliphatic carboxylic acids is 1. The average molecular weight is 425 g/mol. The number of carbonyl (C=O) groups excluding carboxylic acids is 2. The van der Waals surface area contributed by atoms with Crippen LogP contribution in [0.1, 0.15) is 77.0 Å². The third kappa shape index (κ3) is 8.86. The minimum Gasteiger partial charge on any atom is -0.481 e. The molecule has 0 radical (unpaired) electrons. The van der Waals surface area contributed by atoms with Gasteiger partial charge >= 0.3 is 17.9 Å². The summed E-state index contributed by atoms with van der Waals surface area (Å²) in [5.41, 5.74) is 0. The Morgan fingerprint density at radius 1 is 0.867 bits per heavy atom. The van der Waals surface area contributed by atoms with Crippen molar-refractivity contribution >= 4 is 17.9 Å². The van der Waals surface area contributed by atoms with Gasteiger partial charge < -0.3 is 19.3 Å². The predicted molar refractivity (Wildman–Crippen MR) is 111 cm³/mol. The molecule has 170 valence electrons. The monoisotopic (exact) mass is 424 g/mol. The molecule has 2 atom stereocenters. The van der Waals surface area contributed by atoms with Crippen LogP contribution in [0.25, 0.3) is 0 Å². The molecule has 0 aromatic heterocycles. The second kappa shape index (κ2) is 13.4. The molecule has 0 saturated heterocycles. The van der Waals surface area contributed by atoms with Crippen LogP contribution >= 0.6 is 0 Å². The number of ether oxygens (including phenoxy) is 3. The molecule has 2 aliphatic rings. The maximum atomic E-state index is 12.4. The molecule has 2 saturated carbocycles. The summed E-state index contributed by atoms with van der Waals surface area (Å²) >= 11 is 0. The fourth-order valence-electron chi connectivity index (χ4n) is 4.24. The topological polar surface area (TPSA) is 99.1 Å². The minimum absolute atomic E-state index is 0.0895. The smallest absolute Gasteiger partial charge is 0.330 e. The minimum atomic E-state index is -0.787. The van der Waals surface area contributed by atoms with Crippen LogP contribution in [0.15, 0.2) is 12.7 Å². The zero-order valence-electron chi connectivity index (χ0n) is 17.9. The Bertz CT molecular complexity index is 566. The summed E-state index contributed by atoms with van der Waals surface area (Å²) in [6.07, 6.45) is 10.9. The van der Waals surface area contributed by atoms with E-state index in [9.17, 15) is 14.4 Å². The second-order valence-electron chi connectivity index (χ2n) is 8.39. The average Bonchev–Trinajstić information content (AvgIpc) is 2.75. The predicted octanol–water partition coefficient (Wildman–Crippen LogP) is 4.04. The van der Waals surface area contributed by atoms with Crippen molar-refractivity contribution in [1.82, 2.24) is 0 Å². The van der Waals surface area contributed by atoms with Crippen molar-refractivity contribution in [2.45, 2.75) is 89.3 Å². The normalized spacial score (nSPS) is 26.5. The van der Waals surface area contributed by atoms with Crippen molar-refractivity contribution in [1.29, 1.82) is 0 Å². The van der Waals surface area contributed by atoms with Crippen LogP contribution in [0.3, 0.4) is 0 Å². The maximum Gasteiger partial charge on any atom is 0.330 e. The lowest BCUT2D eigenvalue weighted by Gasteiger charge is -2.31. The summed E-state index contributed by atoms with van der Waals surface area (Å²) in [5.74, 6) is -1.80. The maximum absolute atomic E-state index is 12.4. The van der Waals surface area contributed by atoms with Gasteiger partial charge in [0.1, 0.15) is 6.10 Å². The Morgan fingerprint density at radius 3 is 2.23 bits per heavy atom. The summed E-state index contributed by atoms with van der Waals surface area (Å²) in [5, 5.41) is 9.16. The highest BCUT2D eigenvalue weighted by atomic mass is 16.5. The summed E-state index contributed by atoms with van der Waals surface area (Å²) in [4.78, 5) is 34.5. The molecule has 0 bridgehead atoms. The van der Waals surface area contributed by atoms with Crippen LogP contribution in [0, 0.1) is 11.8 Å². The highest BCUT2D eigenvalue weighted by molar-refractivity contribution is 5.81. The van der Waals surface area contributed by atoms with Gasteiger partial charge in [-0.3, -0.25) is 9.59 Å². The SMILES string of the molecule is C=CC(=O)OCCCCCCOC1CCC(C(=O)OC2CCCC(C(=O)O)C2)CC1. The van der Waals surface area contributed by atoms with Gasteiger partial charge in [-0.1, -0.05) is 13.0 Å². The van der Waals surface area contributed by atoms with E-state index in [0.29, 0.717) is 26.1 Å². The molecule has 2 fully saturated rings. The van der Waals surface area contributed by atoms with Crippen LogP contribution in [0.2, 0.25) is 0 Å². The highest BCUT2D eigenvalue weighted by Gasteiger charge is 2.33. The summed E-state index contributed by atoms with van der Waals surface area (Å²) in [6.45, 7) is 4.50. The lowest BCUT2D eigenvalue weighted by Crippen LogP contribution is -2.33. The number of unbranched alkanes of at least 4 members (excludes halogenated alkanes) is 3. The lowest BCUT2D eigenvalue weighted by atomic mass is 9.86. The van der Waals surface area contributed by atoms with Crippen LogP contribution in [0.5, 0.6) is 0 Å². The van der Waals surface area contributed by atoms with Crippen molar-refractivity contribution in [3.63, 3.8) is 0 Å². The van der Waals surface area contributed by atoms with Crippen LogP contribution in [-0.4, -0.2) is 48.4 Å². The number of carbonyl (C=O) groups is 3. The second-order valence-corrected chi connectivity index (χ2v) is 8.39. The first-order valence-corrected chi connectivity index (χ1v) is 11.3. The van der Waals surface area contributed by atoms with Crippen molar-refractivity contribution in [2.24, 2.45) is 11.8 Å². The van der Waals surface area contributed by atoms with E-state index in [0.717, 1.165) is 64.2 Å². The van der Waals surface area contributed by atoms with Gasteiger partial charge in [-0.15, -0.1) is 0 Å². The highest BCUT2D eigenvalue weighted by Crippen LogP contribution is 2.31. The quantitative estimate of drug-likeness (QED) is 0.287. The van der Waals surface area contributed by atoms with E-state index in [1.54, 1.807) is 0 Å². The molecule has 7 heteroatoms. The third-order valence-electron chi connectivity index (χ3n) is 6.07. The summed E-state index contributed by atoms with van der Waals surface area (Å²) in [6, 6.07) is 0. The number of hydrogen-bond acceptors (Lipinski definition) is 6. The molecule has 1 N–H and O–H groups in total. The first-order chi connectivity index (χ1) is 14.5. The molecule has 0 aromatic rings. The fraction of sp³-hybridized carbons (Fsp3) is 0.783. The third-order valence-corrected chi connectivity index (χ3v) is 6.07. The Kier molecular flexibility index (Phi) is 10.9. The largest absolute Gasteiger partial charge is 0.481 e. The van der Waals surface area contributed by atoms with E-state index in [1.807, 2.05) is 0 Å². The van der Waals surface area contributed by atoms with Crippen molar-refractivity contribution in [2.75, 3.05) is 13.2 Å². The molecule has 2 rings (SSSR count). The van der Waals surface area contributed by atoms with Gasteiger partial charge in [-0.2, -0.15) is 0 Å². The number of carboxylic acids is 1. The first-order valence-electron chi connectivity index (χ1n) is 11.3. The standard InChI is InChI=1S/C23H36O7/c1-2-21(24)29-15-6-4-3-5-14-28-19-12-10-17(11-13-19)23(27)30-20-9-7-8-18(16-20)22(25)26/h2,17-20H,1,3-16H2,(H,25,26). The van der Waals surface area contributed by atoms with Crippen molar-refractivity contribution < 1.29 is 33.7 Å². The van der Waals surface area contributed by atoms with Crippen molar-refractivity contribution in [3.8, 4) is 0 Å². The number of esters is 2. The molecule has 30 heavy (non-hydrogen) atoms. The fourth-order valence-corrected chi connectivity index (χ4v) is 4.24. The Hall–Kier alpha value is -1.89. The van der Waals surface area contributed by atoms with Gasteiger partial charge in [0.25, 0.3) is 0 Å². The van der Waals surface area contributed by atoms with E-state index >= 15 is 0 Å². The summed E-state index contributed by atoms with van der Waals surface area (Å²) in [7, 11) is 0. The van der Waals surface area contributed by atoms with E-state index in [4.69, 9.17) is 19.3 Å². The van der Waals surface area contributed by atoms with E-state index in [2.05, 4.69) is 6.58 Å². The number of hydrogen-bond donors (Lipinski definition) is 1. The lowest BCUT2D eigenvalue weighted by molar-refractivity contribution is -0.161. The van der Waals surface area contributed by atoms with Gasteiger partial charge in [0.15, 0.2) is 0 Å². The Morgan fingerprint density at radius 2 is 1.57 bits per heavy atom. The molecular formula is C23H36O7. The molecule has 0 aliphatic heterocycles. The van der Waals surface area contributed by atoms with Crippen LogP contribution < -0.4 is 0 Å². The molecule has 2 aliphatic carbocycles. The van der Waals surface area contributed by atoms with E-state index < -0.39 is 5.97 Å².